The van der Waals surface area contributed by atoms with Crippen LogP contribution in [0.3, 0.4) is 0 Å². The van der Waals surface area contributed by atoms with Gasteiger partial charge in [-0.1, -0.05) is 18.1 Å². The van der Waals surface area contributed by atoms with Crippen LogP contribution in [-0.2, 0) is 17.8 Å². The van der Waals surface area contributed by atoms with E-state index in [0.717, 1.165) is 56.4 Å². The van der Waals surface area contributed by atoms with Crippen LogP contribution in [0, 0.1) is 19.3 Å². The third-order valence-corrected chi connectivity index (χ3v) is 4.29. The van der Waals surface area contributed by atoms with E-state index < -0.39 is 0 Å². The molecule has 1 atom stereocenters. The van der Waals surface area contributed by atoms with E-state index >= 15 is 0 Å². The summed E-state index contributed by atoms with van der Waals surface area (Å²) in [5, 5.41) is 0. The van der Waals surface area contributed by atoms with Crippen molar-refractivity contribution in [2.24, 2.45) is 0 Å². The summed E-state index contributed by atoms with van der Waals surface area (Å²) >= 11 is 0. The van der Waals surface area contributed by atoms with Gasteiger partial charge in [-0.15, -0.1) is 6.42 Å². The van der Waals surface area contributed by atoms with E-state index in [1.54, 1.807) is 0 Å². The number of ether oxygens (including phenoxy) is 2. The molecule has 4 nitrogen and oxygen atoms in total. The van der Waals surface area contributed by atoms with Gasteiger partial charge in [0.25, 0.3) is 0 Å². The minimum Gasteiger partial charge on any atom is -0.481 e. The minimum absolute atomic E-state index is 0.286. The molecule has 1 saturated heterocycles. The van der Waals surface area contributed by atoms with Crippen molar-refractivity contribution < 1.29 is 13.9 Å². The number of terminal acetylenes is 1. The van der Waals surface area contributed by atoms with Crippen LogP contribution in [0.15, 0.2) is 40.8 Å². The lowest BCUT2D eigenvalue weighted by atomic mass is 10.1. The van der Waals surface area contributed by atoms with Crippen LogP contribution in [0.1, 0.15) is 29.9 Å². The molecule has 1 aromatic carbocycles. The number of aryl methyl sites for hydroxylation is 1. The van der Waals surface area contributed by atoms with E-state index in [1.165, 1.54) is 5.56 Å². The Balaban J connectivity index is 1.68. The molecular formula is C21H25NO3. The molecule has 0 bridgehead atoms. The first kappa shape index (κ1) is 17.6. The van der Waals surface area contributed by atoms with Crippen molar-refractivity contribution in [3.05, 3.63) is 53.5 Å². The molecule has 2 aromatic rings. The Morgan fingerprint density at radius 2 is 2.20 bits per heavy atom. The molecule has 0 unspecified atom stereocenters. The van der Waals surface area contributed by atoms with Gasteiger partial charge in [0.15, 0.2) is 0 Å². The Morgan fingerprint density at radius 3 is 2.92 bits per heavy atom. The summed E-state index contributed by atoms with van der Waals surface area (Å²) < 4.78 is 17.1. The zero-order valence-electron chi connectivity index (χ0n) is 14.7. The third-order valence-electron chi connectivity index (χ3n) is 4.29. The molecule has 132 valence electrons. The standard InChI is InChI=1S/C21H25NO3/c1-3-11-23-19-7-4-6-18(13-19)14-22(15-20-8-5-12-24-20)16-21-10-9-17(2)25-21/h1,4,6-7,9-10,13,20H,5,8,11-12,14-16H2,2H3/t20-/m0/s1. The van der Waals surface area contributed by atoms with E-state index in [1.807, 2.05) is 37.3 Å². The highest BCUT2D eigenvalue weighted by atomic mass is 16.5. The van der Waals surface area contributed by atoms with Crippen molar-refractivity contribution in [1.82, 2.24) is 4.90 Å². The predicted molar refractivity (Wildman–Crippen MR) is 97.3 cm³/mol. The maximum Gasteiger partial charge on any atom is 0.148 e. The lowest BCUT2D eigenvalue weighted by molar-refractivity contribution is 0.0654. The highest BCUT2D eigenvalue weighted by Gasteiger charge is 2.20. The summed E-state index contributed by atoms with van der Waals surface area (Å²) in [7, 11) is 0. The van der Waals surface area contributed by atoms with Gasteiger partial charge in [0.2, 0.25) is 0 Å². The van der Waals surface area contributed by atoms with Gasteiger partial charge in [0.1, 0.15) is 23.9 Å². The van der Waals surface area contributed by atoms with Crippen LogP contribution in [-0.4, -0.2) is 30.8 Å². The van der Waals surface area contributed by atoms with Crippen LogP contribution < -0.4 is 4.74 Å². The Kier molecular flexibility index (Phi) is 6.16. The zero-order valence-corrected chi connectivity index (χ0v) is 14.7. The van der Waals surface area contributed by atoms with Gasteiger partial charge in [0, 0.05) is 19.7 Å². The van der Waals surface area contributed by atoms with Gasteiger partial charge in [-0.2, -0.15) is 0 Å². The molecule has 25 heavy (non-hydrogen) atoms. The number of benzene rings is 1. The summed E-state index contributed by atoms with van der Waals surface area (Å²) in [5.41, 5.74) is 1.19. The Bertz CT molecular complexity index is 710. The monoisotopic (exact) mass is 339 g/mol. The van der Waals surface area contributed by atoms with Gasteiger partial charge >= 0.3 is 0 Å². The quantitative estimate of drug-likeness (QED) is 0.686. The molecule has 0 radical (unpaired) electrons. The number of rotatable bonds is 8. The molecule has 0 saturated carbocycles. The second-order valence-corrected chi connectivity index (χ2v) is 6.46. The molecular weight excluding hydrogens is 314 g/mol. The van der Waals surface area contributed by atoms with Crippen LogP contribution in [0.5, 0.6) is 5.75 Å². The molecule has 0 amide bonds. The molecule has 0 aliphatic carbocycles. The van der Waals surface area contributed by atoms with Crippen molar-refractivity contribution in [3.8, 4) is 18.1 Å². The van der Waals surface area contributed by atoms with Crippen LogP contribution >= 0.6 is 0 Å². The van der Waals surface area contributed by atoms with E-state index in [9.17, 15) is 0 Å². The van der Waals surface area contributed by atoms with E-state index in [0.29, 0.717) is 6.10 Å². The average molecular weight is 339 g/mol. The zero-order chi connectivity index (χ0) is 17.5. The molecule has 1 aliphatic heterocycles. The number of hydrogen-bond acceptors (Lipinski definition) is 4. The second kappa shape index (κ2) is 8.75. The van der Waals surface area contributed by atoms with Crippen LogP contribution in [0.4, 0.5) is 0 Å². The maximum atomic E-state index is 5.82. The first-order valence-electron chi connectivity index (χ1n) is 8.77. The fourth-order valence-corrected chi connectivity index (χ4v) is 3.17. The largest absolute Gasteiger partial charge is 0.481 e. The summed E-state index contributed by atoms with van der Waals surface area (Å²) in [6.07, 6.45) is 7.84. The average Bonchev–Trinajstić information content (AvgIpc) is 3.25. The molecule has 4 heteroatoms. The molecule has 2 heterocycles. The Hall–Kier alpha value is -2.22. The first-order chi connectivity index (χ1) is 12.2. The van der Waals surface area contributed by atoms with Crippen LogP contribution in [0.25, 0.3) is 0 Å². The van der Waals surface area contributed by atoms with Crippen molar-refractivity contribution in [2.75, 3.05) is 19.8 Å². The van der Waals surface area contributed by atoms with Gasteiger partial charge in [-0.25, -0.2) is 0 Å². The third kappa shape index (κ3) is 5.38. The van der Waals surface area contributed by atoms with Crippen molar-refractivity contribution in [1.29, 1.82) is 0 Å². The van der Waals surface area contributed by atoms with Gasteiger partial charge in [0.05, 0.1) is 12.6 Å². The molecule has 0 spiro atoms. The lowest BCUT2D eigenvalue weighted by Gasteiger charge is -2.24. The summed E-state index contributed by atoms with van der Waals surface area (Å²) in [4.78, 5) is 2.37. The predicted octanol–water partition coefficient (Wildman–Crippen LogP) is 3.78. The number of hydrogen-bond donors (Lipinski definition) is 0. The molecule has 0 N–H and O–H groups in total. The highest BCUT2D eigenvalue weighted by molar-refractivity contribution is 5.28. The molecule has 3 rings (SSSR count). The first-order valence-corrected chi connectivity index (χ1v) is 8.77. The normalized spacial score (nSPS) is 16.9. The van der Waals surface area contributed by atoms with Crippen molar-refractivity contribution in [3.63, 3.8) is 0 Å². The van der Waals surface area contributed by atoms with Crippen molar-refractivity contribution in [2.45, 2.75) is 39.0 Å². The summed E-state index contributed by atoms with van der Waals surface area (Å²) in [5.74, 6) is 5.23. The lowest BCUT2D eigenvalue weighted by Crippen LogP contribution is -2.31. The Labute approximate surface area is 149 Å². The molecule has 1 aromatic heterocycles. The van der Waals surface area contributed by atoms with E-state index in [2.05, 4.69) is 16.9 Å². The maximum absolute atomic E-state index is 5.82. The fourth-order valence-electron chi connectivity index (χ4n) is 3.17. The summed E-state index contributed by atoms with van der Waals surface area (Å²) in [6, 6.07) is 12.1. The van der Waals surface area contributed by atoms with Crippen molar-refractivity contribution >= 4 is 0 Å². The number of furan rings is 1. The molecule has 1 fully saturated rings. The summed E-state index contributed by atoms with van der Waals surface area (Å²) in [6.45, 7) is 5.61. The van der Waals surface area contributed by atoms with Gasteiger partial charge < -0.3 is 13.9 Å². The molecule has 1 aliphatic rings. The second-order valence-electron chi connectivity index (χ2n) is 6.46. The number of nitrogens with zero attached hydrogens (tertiary/aromatic N) is 1. The smallest absolute Gasteiger partial charge is 0.148 e. The van der Waals surface area contributed by atoms with Gasteiger partial charge in [-0.05, 0) is 49.6 Å². The van der Waals surface area contributed by atoms with Gasteiger partial charge in [-0.3, -0.25) is 4.90 Å². The van der Waals surface area contributed by atoms with E-state index in [4.69, 9.17) is 20.3 Å². The van der Waals surface area contributed by atoms with Crippen LogP contribution in [0.2, 0.25) is 0 Å². The van der Waals surface area contributed by atoms with E-state index in [-0.39, 0.29) is 6.61 Å². The SMILES string of the molecule is C#CCOc1cccc(CN(Cc2ccc(C)o2)C[C@@H]2CCCO2)c1. The highest BCUT2D eigenvalue weighted by Crippen LogP contribution is 2.20. The fraction of sp³-hybridized carbons (Fsp3) is 0.429. The Morgan fingerprint density at radius 1 is 1.28 bits per heavy atom. The minimum atomic E-state index is 0.286. The topological polar surface area (TPSA) is 34.8 Å².